The number of benzene rings is 1. The lowest BCUT2D eigenvalue weighted by Crippen LogP contribution is -2.27. The second kappa shape index (κ2) is 6.41. The monoisotopic (exact) mass is 291 g/mol. The molecule has 1 aromatic carbocycles. The van der Waals surface area contributed by atoms with E-state index in [-0.39, 0.29) is 24.0 Å². The summed E-state index contributed by atoms with van der Waals surface area (Å²) in [5.74, 6) is -1.30. The molecule has 3 atom stereocenters. The van der Waals surface area contributed by atoms with Crippen LogP contribution < -0.4 is 5.32 Å². The second-order valence-corrected chi connectivity index (χ2v) is 4.92. The van der Waals surface area contributed by atoms with Gasteiger partial charge in [-0.15, -0.1) is 0 Å². The molecule has 0 saturated carbocycles. The summed E-state index contributed by atoms with van der Waals surface area (Å²) in [7, 11) is 0. The Morgan fingerprint density at radius 3 is 2.67 bits per heavy atom. The highest BCUT2D eigenvalue weighted by molar-refractivity contribution is 5.88. The van der Waals surface area contributed by atoms with Crippen molar-refractivity contribution in [3.8, 4) is 0 Å². The smallest absolute Gasteiger partial charge is 0.335 e. The maximum absolute atomic E-state index is 11.4. The molecule has 112 valence electrons. The Labute approximate surface area is 122 Å². The lowest BCUT2D eigenvalue weighted by atomic mass is 10.1. The number of hydrogen-bond donors (Lipinski definition) is 3. The molecule has 1 aromatic rings. The number of carbonyl (C=O) groups excluding carboxylic acids is 1. The second-order valence-electron chi connectivity index (χ2n) is 4.92. The van der Waals surface area contributed by atoms with E-state index < -0.39 is 18.2 Å². The third-order valence-corrected chi connectivity index (χ3v) is 3.11. The standard InChI is InChI=1S/C15H17NO5/c1-9(17)2-7-13-12(8-14(18)21-13)16-11-5-3-10(4-6-11)15(19)20/h2-7,9,12-13,16-17H,8H2,1H3,(H,19,20)/b7-2+/t9-,12-,13+/m0/s1. The fourth-order valence-electron chi connectivity index (χ4n) is 2.08. The summed E-state index contributed by atoms with van der Waals surface area (Å²) >= 11 is 0. The van der Waals surface area contributed by atoms with Crippen molar-refractivity contribution in [2.24, 2.45) is 0 Å². The molecule has 1 saturated heterocycles. The van der Waals surface area contributed by atoms with E-state index in [0.717, 1.165) is 0 Å². The Balaban J connectivity index is 2.05. The van der Waals surface area contributed by atoms with Gasteiger partial charge in [0.2, 0.25) is 0 Å². The maximum Gasteiger partial charge on any atom is 0.335 e. The average Bonchev–Trinajstić information content (AvgIpc) is 2.77. The van der Waals surface area contributed by atoms with Gasteiger partial charge in [0.15, 0.2) is 0 Å². The van der Waals surface area contributed by atoms with Crippen molar-refractivity contribution in [3.63, 3.8) is 0 Å². The molecule has 3 N–H and O–H groups in total. The van der Waals surface area contributed by atoms with Crippen LogP contribution in [-0.4, -0.2) is 40.4 Å². The van der Waals surface area contributed by atoms with Crippen molar-refractivity contribution in [2.45, 2.75) is 31.6 Å². The van der Waals surface area contributed by atoms with Gasteiger partial charge in [-0.3, -0.25) is 4.79 Å². The molecule has 0 radical (unpaired) electrons. The Morgan fingerprint density at radius 2 is 2.10 bits per heavy atom. The summed E-state index contributed by atoms with van der Waals surface area (Å²) < 4.78 is 5.17. The number of aromatic carboxylic acids is 1. The van der Waals surface area contributed by atoms with Crippen LogP contribution in [0.15, 0.2) is 36.4 Å². The highest BCUT2D eigenvalue weighted by Crippen LogP contribution is 2.21. The number of aliphatic hydroxyl groups excluding tert-OH is 1. The molecule has 2 rings (SSSR count). The average molecular weight is 291 g/mol. The predicted octanol–water partition coefficient (Wildman–Crippen LogP) is 1.42. The van der Waals surface area contributed by atoms with Crippen LogP contribution in [0.2, 0.25) is 0 Å². The van der Waals surface area contributed by atoms with Gasteiger partial charge in [0.1, 0.15) is 6.10 Å². The minimum absolute atomic E-state index is 0.199. The molecule has 0 aliphatic carbocycles. The van der Waals surface area contributed by atoms with E-state index in [4.69, 9.17) is 9.84 Å². The van der Waals surface area contributed by atoms with Crippen LogP contribution in [-0.2, 0) is 9.53 Å². The van der Waals surface area contributed by atoms with Gasteiger partial charge in [0.05, 0.1) is 24.1 Å². The topological polar surface area (TPSA) is 95.9 Å². The van der Waals surface area contributed by atoms with Gasteiger partial charge >= 0.3 is 11.9 Å². The SMILES string of the molecule is C[C@H](O)/C=C/[C@H]1OC(=O)C[C@@H]1Nc1ccc(C(=O)O)cc1. The summed E-state index contributed by atoms with van der Waals surface area (Å²) in [5.41, 5.74) is 0.906. The van der Waals surface area contributed by atoms with Crippen LogP contribution in [0.3, 0.4) is 0 Å². The Hall–Kier alpha value is -2.34. The number of anilines is 1. The number of cyclic esters (lactones) is 1. The predicted molar refractivity (Wildman–Crippen MR) is 76.1 cm³/mol. The van der Waals surface area contributed by atoms with Crippen LogP contribution in [0.1, 0.15) is 23.7 Å². The van der Waals surface area contributed by atoms with Crippen molar-refractivity contribution >= 4 is 17.6 Å². The van der Waals surface area contributed by atoms with Gasteiger partial charge in [0, 0.05) is 5.69 Å². The number of aliphatic hydroxyl groups is 1. The fourth-order valence-corrected chi connectivity index (χ4v) is 2.08. The molecular weight excluding hydrogens is 274 g/mol. The highest BCUT2D eigenvalue weighted by Gasteiger charge is 2.33. The van der Waals surface area contributed by atoms with Gasteiger partial charge < -0.3 is 20.3 Å². The molecule has 1 aliphatic heterocycles. The fraction of sp³-hybridized carbons (Fsp3) is 0.333. The molecule has 1 fully saturated rings. The van der Waals surface area contributed by atoms with E-state index in [9.17, 15) is 14.7 Å². The van der Waals surface area contributed by atoms with E-state index in [0.29, 0.717) is 5.69 Å². The zero-order chi connectivity index (χ0) is 15.4. The summed E-state index contributed by atoms with van der Waals surface area (Å²) in [4.78, 5) is 22.2. The zero-order valence-electron chi connectivity index (χ0n) is 11.5. The lowest BCUT2D eigenvalue weighted by molar-refractivity contribution is -0.140. The van der Waals surface area contributed by atoms with E-state index in [2.05, 4.69) is 5.32 Å². The number of carbonyl (C=O) groups is 2. The molecule has 0 unspecified atom stereocenters. The molecular formula is C15H17NO5. The number of rotatable bonds is 5. The van der Waals surface area contributed by atoms with Crippen molar-refractivity contribution < 1.29 is 24.5 Å². The zero-order valence-corrected chi connectivity index (χ0v) is 11.5. The molecule has 0 amide bonds. The van der Waals surface area contributed by atoms with Gasteiger partial charge in [-0.1, -0.05) is 6.08 Å². The normalized spacial score (nSPS) is 23.0. The molecule has 6 heteroatoms. The quantitative estimate of drug-likeness (QED) is 0.561. The third-order valence-electron chi connectivity index (χ3n) is 3.11. The first-order chi connectivity index (χ1) is 9.95. The Bertz CT molecular complexity index is 550. The molecule has 0 aromatic heterocycles. The summed E-state index contributed by atoms with van der Waals surface area (Å²) in [6.45, 7) is 1.61. The van der Waals surface area contributed by atoms with Crippen LogP contribution in [0.25, 0.3) is 0 Å². The van der Waals surface area contributed by atoms with E-state index >= 15 is 0 Å². The summed E-state index contributed by atoms with van der Waals surface area (Å²) in [6.07, 6.45) is 2.37. The van der Waals surface area contributed by atoms with Crippen LogP contribution in [0.5, 0.6) is 0 Å². The minimum Gasteiger partial charge on any atom is -0.478 e. The van der Waals surface area contributed by atoms with Crippen LogP contribution in [0, 0.1) is 0 Å². The van der Waals surface area contributed by atoms with E-state index in [1.165, 1.54) is 12.1 Å². The lowest BCUT2D eigenvalue weighted by Gasteiger charge is -2.17. The van der Waals surface area contributed by atoms with Gasteiger partial charge in [-0.05, 0) is 37.3 Å². The molecule has 21 heavy (non-hydrogen) atoms. The number of esters is 1. The largest absolute Gasteiger partial charge is 0.478 e. The first-order valence-corrected chi connectivity index (χ1v) is 6.61. The summed E-state index contributed by atoms with van der Waals surface area (Å²) in [6, 6.07) is 6.01. The third kappa shape index (κ3) is 4.06. The minimum atomic E-state index is -0.987. The number of hydrogen-bond acceptors (Lipinski definition) is 5. The number of carboxylic acids is 1. The number of carboxylic acid groups (broad SMARTS) is 1. The molecule has 0 spiro atoms. The van der Waals surface area contributed by atoms with Gasteiger partial charge in [0.25, 0.3) is 0 Å². The Morgan fingerprint density at radius 1 is 1.43 bits per heavy atom. The van der Waals surface area contributed by atoms with E-state index in [1.807, 2.05) is 0 Å². The van der Waals surface area contributed by atoms with Gasteiger partial charge in [-0.2, -0.15) is 0 Å². The number of nitrogens with one attached hydrogen (secondary N) is 1. The summed E-state index contributed by atoms with van der Waals surface area (Å²) in [5, 5.41) is 21.2. The van der Waals surface area contributed by atoms with E-state index in [1.54, 1.807) is 31.2 Å². The first kappa shape index (κ1) is 15.1. The van der Waals surface area contributed by atoms with Crippen molar-refractivity contribution in [2.75, 3.05) is 5.32 Å². The molecule has 0 bridgehead atoms. The highest BCUT2D eigenvalue weighted by atomic mass is 16.6. The van der Waals surface area contributed by atoms with Crippen LogP contribution in [0.4, 0.5) is 5.69 Å². The van der Waals surface area contributed by atoms with Gasteiger partial charge in [-0.25, -0.2) is 4.79 Å². The molecule has 6 nitrogen and oxygen atoms in total. The first-order valence-electron chi connectivity index (χ1n) is 6.61. The van der Waals surface area contributed by atoms with Crippen LogP contribution >= 0.6 is 0 Å². The van der Waals surface area contributed by atoms with Crippen molar-refractivity contribution in [3.05, 3.63) is 42.0 Å². The van der Waals surface area contributed by atoms with Crippen molar-refractivity contribution in [1.29, 1.82) is 0 Å². The maximum atomic E-state index is 11.4. The van der Waals surface area contributed by atoms with Crippen molar-refractivity contribution in [1.82, 2.24) is 0 Å². The molecule has 1 aliphatic rings. The molecule has 1 heterocycles. The number of ether oxygens (including phenoxy) is 1. The Kier molecular flexibility index (Phi) is 4.59.